The zero-order valence-corrected chi connectivity index (χ0v) is 12.6. The minimum atomic E-state index is 0.0910. The van der Waals surface area contributed by atoms with Gasteiger partial charge in [-0.1, -0.05) is 60.7 Å². The number of hydrogen-bond acceptors (Lipinski definition) is 1. The fourth-order valence-corrected chi connectivity index (χ4v) is 2.27. The highest BCUT2D eigenvalue weighted by Crippen LogP contribution is 2.15. The SMILES string of the molecule is CCN(CC)C(=O)c1ccccc1/C=C/c1ccccc1. The van der Waals surface area contributed by atoms with Gasteiger partial charge in [-0.25, -0.2) is 0 Å². The maximum Gasteiger partial charge on any atom is 0.254 e. The summed E-state index contributed by atoms with van der Waals surface area (Å²) in [5.74, 6) is 0.0910. The average molecular weight is 279 g/mol. The van der Waals surface area contributed by atoms with Gasteiger partial charge in [-0.05, 0) is 31.0 Å². The lowest BCUT2D eigenvalue weighted by molar-refractivity contribution is 0.0773. The van der Waals surface area contributed by atoms with E-state index >= 15 is 0 Å². The Morgan fingerprint density at radius 2 is 1.52 bits per heavy atom. The molecule has 0 spiro atoms. The van der Waals surface area contributed by atoms with Crippen molar-refractivity contribution >= 4 is 18.1 Å². The van der Waals surface area contributed by atoms with Gasteiger partial charge in [-0.2, -0.15) is 0 Å². The van der Waals surface area contributed by atoms with E-state index in [4.69, 9.17) is 0 Å². The van der Waals surface area contributed by atoms with E-state index in [2.05, 4.69) is 0 Å². The molecule has 0 fully saturated rings. The molecule has 0 atom stereocenters. The van der Waals surface area contributed by atoms with E-state index in [1.807, 2.05) is 85.5 Å². The third-order valence-electron chi connectivity index (χ3n) is 3.50. The number of nitrogens with zero attached hydrogens (tertiary/aromatic N) is 1. The predicted molar refractivity (Wildman–Crippen MR) is 89.1 cm³/mol. The molecule has 21 heavy (non-hydrogen) atoms. The van der Waals surface area contributed by atoms with Gasteiger partial charge in [-0.3, -0.25) is 4.79 Å². The van der Waals surface area contributed by atoms with Crippen LogP contribution < -0.4 is 0 Å². The van der Waals surface area contributed by atoms with E-state index in [0.717, 1.165) is 29.8 Å². The molecule has 2 rings (SSSR count). The zero-order valence-electron chi connectivity index (χ0n) is 12.6. The molecule has 2 heteroatoms. The van der Waals surface area contributed by atoms with Crippen LogP contribution in [0.2, 0.25) is 0 Å². The second kappa shape index (κ2) is 7.44. The van der Waals surface area contributed by atoms with Gasteiger partial charge in [0.15, 0.2) is 0 Å². The number of carbonyl (C=O) groups is 1. The van der Waals surface area contributed by atoms with Crippen LogP contribution in [0.3, 0.4) is 0 Å². The van der Waals surface area contributed by atoms with Gasteiger partial charge in [0.2, 0.25) is 0 Å². The maximum atomic E-state index is 12.5. The van der Waals surface area contributed by atoms with Crippen molar-refractivity contribution in [3.63, 3.8) is 0 Å². The molecule has 1 amide bonds. The highest BCUT2D eigenvalue weighted by Gasteiger charge is 2.14. The molecular weight excluding hydrogens is 258 g/mol. The summed E-state index contributed by atoms with van der Waals surface area (Å²) in [4.78, 5) is 14.4. The first-order valence-electron chi connectivity index (χ1n) is 7.37. The van der Waals surface area contributed by atoms with Gasteiger partial charge in [0.25, 0.3) is 5.91 Å². The van der Waals surface area contributed by atoms with Crippen LogP contribution in [0.25, 0.3) is 12.2 Å². The average Bonchev–Trinajstić information content (AvgIpc) is 2.55. The standard InChI is InChI=1S/C19H21NO/c1-3-20(4-2)19(21)18-13-9-8-12-17(18)15-14-16-10-6-5-7-11-16/h5-15H,3-4H2,1-2H3/b15-14+. The second-order valence-corrected chi connectivity index (χ2v) is 4.81. The van der Waals surface area contributed by atoms with Crippen LogP contribution >= 0.6 is 0 Å². The molecule has 0 unspecified atom stereocenters. The van der Waals surface area contributed by atoms with Crippen LogP contribution in [0.15, 0.2) is 54.6 Å². The summed E-state index contributed by atoms with van der Waals surface area (Å²) in [5, 5.41) is 0. The Kier molecular flexibility index (Phi) is 5.33. The summed E-state index contributed by atoms with van der Waals surface area (Å²) in [7, 11) is 0. The van der Waals surface area contributed by atoms with E-state index in [-0.39, 0.29) is 5.91 Å². The molecule has 0 aliphatic heterocycles. The van der Waals surface area contributed by atoms with Gasteiger partial charge >= 0.3 is 0 Å². The van der Waals surface area contributed by atoms with Crippen molar-refractivity contribution in [1.82, 2.24) is 4.90 Å². The van der Waals surface area contributed by atoms with E-state index in [1.54, 1.807) is 0 Å². The molecule has 0 N–H and O–H groups in total. The molecule has 108 valence electrons. The molecule has 0 bridgehead atoms. The summed E-state index contributed by atoms with van der Waals surface area (Å²) >= 11 is 0. The van der Waals surface area contributed by atoms with E-state index in [1.165, 1.54) is 0 Å². The fraction of sp³-hybridized carbons (Fsp3) is 0.211. The van der Waals surface area contributed by atoms with Crippen LogP contribution in [0.1, 0.15) is 35.3 Å². The Bertz CT molecular complexity index is 612. The molecular formula is C19H21NO. The van der Waals surface area contributed by atoms with E-state index in [0.29, 0.717) is 0 Å². The molecule has 2 aromatic carbocycles. The van der Waals surface area contributed by atoms with Gasteiger partial charge in [-0.15, -0.1) is 0 Å². The van der Waals surface area contributed by atoms with Gasteiger partial charge in [0, 0.05) is 18.7 Å². The fourth-order valence-electron chi connectivity index (χ4n) is 2.27. The molecule has 2 nitrogen and oxygen atoms in total. The third kappa shape index (κ3) is 3.82. The molecule has 0 aliphatic carbocycles. The van der Waals surface area contributed by atoms with Crippen molar-refractivity contribution in [2.24, 2.45) is 0 Å². The number of carbonyl (C=O) groups excluding carboxylic acids is 1. The quantitative estimate of drug-likeness (QED) is 0.746. The Morgan fingerprint density at radius 1 is 0.905 bits per heavy atom. The molecule has 0 aliphatic rings. The van der Waals surface area contributed by atoms with Crippen LogP contribution in [0.5, 0.6) is 0 Å². The zero-order chi connectivity index (χ0) is 15.1. The van der Waals surface area contributed by atoms with Crippen LogP contribution in [0.4, 0.5) is 0 Å². The smallest absolute Gasteiger partial charge is 0.254 e. The summed E-state index contributed by atoms with van der Waals surface area (Å²) in [5.41, 5.74) is 2.84. The molecule has 0 radical (unpaired) electrons. The predicted octanol–water partition coefficient (Wildman–Crippen LogP) is 4.34. The topological polar surface area (TPSA) is 20.3 Å². The Labute approximate surface area is 126 Å². The number of rotatable bonds is 5. The van der Waals surface area contributed by atoms with Crippen molar-refractivity contribution in [3.8, 4) is 0 Å². The summed E-state index contributed by atoms with van der Waals surface area (Å²) < 4.78 is 0. The first-order valence-corrected chi connectivity index (χ1v) is 7.37. The minimum Gasteiger partial charge on any atom is -0.339 e. The monoisotopic (exact) mass is 279 g/mol. The molecule has 0 heterocycles. The van der Waals surface area contributed by atoms with Gasteiger partial charge < -0.3 is 4.90 Å². The summed E-state index contributed by atoms with van der Waals surface area (Å²) in [6.07, 6.45) is 4.04. The van der Waals surface area contributed by atoms with Crippen LogP contribution in [-0.4, -0.2) is 23.9 Å². The Morgan fingerprint density at radius 3 is 2.19 bits per heavy atom. The van der Waals surface area contributed by atoms with E-state index in [9.17, 15) is 4.79 Å². The van der Waals surface area contributed by atoms with Crippen molar-refractivity contribution in [1.29, 1.82) is 0 Å². The number of hydrogen-bond donors (Lipinski definition) is 0. The molecule has 0 aromatic heterocycles. The van der Waals surface area contributed by atoms with Crippen molar-refractivity contribution in [2.45, 2.75) is 13.8 Å². The van der Waals surface area contributed by atoms with Crippen molar-refractivity contribution < 1.29 is 4.79 Å². The van der Waals surface area contributed by atoms with Crippen LogP contribution in [0, 0.1) is 0 Å². The Hall–Kier alpha value is -2.35. The Balaban J connectivity index is 2.29. The highest BCUT2D eigenvalue weighted by molar-refractivity contribution is 5.98. The maximum absolute atomic E-state index is 12.5. The second-order valence-electron chi connectivity index (χ2n) is 4.81. The van der Waals surface area contributed by atoms with Crippen LogP contribution in [-0.2, 0) is 0 Å². The summed E-state index contributed by atoms with van der Waals surface area (Å²) in [6.45, 7) is 5.46. The number of benzene rings is 2. The van der Waals surface area contributed by atoms with Gasteiger partial charge in [0.1, 0.15) is 0 Å². The lowest BCUT2D eigenvalue weighted by Crippen LogP contribution is -2.30. The van der Waals surface area contributed by atoms with E-state index < -0.39 is 0 Å². The van der Waals surface area contributed by atoms with Crippen molar-refractivity contribution in [2.75, 3.05) is 13.1 Å². The third-order valence-corrected chi connectivity index (χ3v) is 3.50. The first kappa shape index (κ1) is 15.0. The van der Waals surface area contributed by atoms with Gasteiger partial charge in [0.05, 0.1) is 0 Å². The summed E-state index contributed by atoms with van der Waals surface area (Å²) in [6, 6.07) is 17.9. The lowest BCUT2D eigenvalue weighted by Gasteiger charge is -2.19. The molecule has 0 saturated carbocycles. The molecule has 0 saturated heterocycles. The lowest BCUT2D eigenvalue weighted by atomic mass is 10.0. The highest BCUT2D eigenvalue weighted by atomic mass is 16.2. The van der Waals surface area contributed by atoms with Crippen molar-refractivity contribution in [3.05, 3.63) is 71.3 Å². The normalized spacial score (nSPS) is 10.8. The first-order chi connectivity index (χ1) is 10.3. The minimum absolute atomic E-state index is 0.0910. The number of amides is 1. The largest absolute Gasteiger partial charge is 0.339 e. The molecule has 2 aromatic rings.